The van der Waals surface area contributed by atoms with Crippen LogP contribution in [0.15, 0.2) is 0 Å². The molecule has 3 nitrogen and oxygen atoms in total. The summed E-state index contributed by atoms with van der Waals surface area (Å²) in [5.41, 5.74) is 0. The van der Waals surface area contributed by atoms with E-state index in [0.29, 0.717) is 0 Å². The SMILES string of the molecule is CCC1CNCCN1CCN1CCSCC1. The molecule has 2 fully saturated rings. The van der Waals surface area contributed by atoms with Crippen LogP contribution in [0.5, 0.6) is 0 Å². The molecule has 2 saturated heterocycles. The van der Waals surface area contributed by atoms with E-state index in [1.165, 1.54) is 63.7 Å². The normalized spacial score (nSPS) is 29.4. The van der Waals surface area contributed by atoms with Crippen LogP contribution < -0.4 is 5.32 Å². The average molecular weight is 243 g/mol. The van der Waals surface area contributed by atoms with Gasteiger partial charge in [-0.15, -0.1) is 0 Å². The first-order valence-corrected chi connectivity index (χ1v) is 7.80. The molecule has 16 heavy (non-hydrogen) atoms. The fraction of sp³-hybridized carbons (Fsp3) is 1.00. The van der Waals surface area contributed by atoms with E-state index in [2.05, 4.69) is 33.8 Å². The monoisotopic (exact) mass is 243 g/mol. The first-order valence-electron chi connectivity index (χ1n) is 6.65. The highest BCUT2D eigenvalue weighted by Gasteiger charge is 2.21. The van der Waals surface area contributed by atoms with E-state index in [9.17, 15) is 0 Å². The number of thioether (sulfide) groups is 1. The average Bonchev–Trinajstić information content (AvgIpc) is 2.38. The van der Waals surface area contributed by atoms with E-state index < -0.39 is 0 Å². The van der Waals surface area contributed by atoms with Crippen molar-refractivity contribution in [3.8, 4) is 0 Å². The Morgan fingerprint density at radius 3 is 2.75 bits per heavy atom. The maximum atomic E-state index is 3.50. The predicted octanol–water partition coefficient (Wildman–Crippen LogP) is 0.719. The van der Waals surface area contributed by atoms with E-state index >= 15 is 0 Å². The first-order chi connectivity index (χ1) is 7.90. The van der Waals surface area contributed by atoms with Crippen molar-refractivity contribution in [1.29, 1.82) is 0 Å². The second-order valence-electron chi connectivity index (χ2n) is 4.76. The number of hydrogen-bond donors (Lipinski definition) is 1. The molecule has 0 spiro atoms. The lowest BCUT2D eigenvalue weighted by molar-refractivity contribution is 0.135. The third-order valence-corrected chi connectivity index (χ3v) is 4.69. The summed E-state index contributed by atoms with van der Waals surface area (Å²) in [5, 5.41) is 3.50. The number of piperazine rings is 1. The molecule has 1 unspecified atom stereocenters. The van der Waals surface area contributed by atoms with Gasteiger partial charge in [0.2, 0.25) is 0 Å². The van der Waals surface area contributed by atoms with Crippen molar-refractivity contribution < 1.29 is 0 Å². The summed E-state index contributed by atoms with van der Waals surface area (Å²) >= 11 is 2.10. The van der Waals surface area contributed by atoms with E-state index in [1.807, 2.05) is 0 Å². The molecule has 2 heterocycles. The van der Waals surface area contributed by atoms with Crippen molar-refractivity contribution in [2.45, 2.75) is 19.4 Å². The number of rotatable bonds is 4. The molecule has 1 N–H and O–H groups in total. The highest BCUT2D eigenvalue weighted by Crippen LogP contribution is 2.10. The minimum Gasteiger partial charge on any atom is -0.314 e. The third-order valence-electron chi connectivity index (χ3n) is 3.75. The highest BCUT2D eigenvalue weighted by molar-refractivity contribution is 7.99. The van der Waals surface area contributed by atoms with Gasteiger partial charge < -0.3 is 10.2 Å². The van der Waals surface area contributed by atoms with Crippen LogP contribution in [0.1, 0.15) is 13.3 Å². The summed E-state index contributed by atoms with van der Waals surface area (Å²) in [6, 6.07) is 0.771. The zero-order valence-electron chi connectivity index (χ0n) is 10.5. The molecular weight excluding hydrogens is 218 g/mol. The Labute approximate surface area is 104 Å². The molecule has 0 aromatic carbocycles. The summed E-state index contributed by atoms with van der Waals surface area (Å²) in [6.07, 6.45) is 1.28. The Balaban J connectivity index is 1.70. The summed E-state index contributed by atoms with van der Waals surface area (Å²) in [7, 11) is 0. The molecule has 2 aliphatic rings. The molecule has 1 atom stereocenters. The number of nitrogens with zero attached hydrogens (tertiary/aromatic N) is 2. The summed E-state index contributed by atoms with van der Waals surface area (Å²) in [5.74, 6) is 2.66. The molecule has 2 aliphatic heterocycles. The summed E-state index contributed by atoms with van der Waals surface area (Å²) in [6.45, 7) is 11.0. The minimum absolute atomic E-state index is 0.771. The molecule has 0 aromatic heterocycles. The molecule has 0 aromatic rings. The molecule has 0 radical (unpaired) electrons. The first kappa shape index (κ1) is 12.7. The zero-order valence-corrected chi connectivity index (χ0v) is 11.3. The van der Waals surface area contributed by atoms with Crippen LogP contribution in [0.2, 0.25) is 0 Å². The van der Waals surface area contributed by atoms with Crippen LogP contribution in [0.25, 0.3) is 0 Å². The second kappa shape index (κ2) is 6.84. The topological polar surface area (TPSA) is 18.5 Å². The van der Waals surface area contributed by atoms with Gasteiger partial charge in [-0.25, -0.2) is 0 Å². The zero-order chi connectivity index (χ0) is 11.2. The van der Waals surface area contributed by atoms with Crippen molar-refractivity contribution in [3.05, 3.63) is 0 Å². The maximum Gasteiger partial charge on any atom is 0.0219 e. The van der Waals surface area contributed by atoms with E-state index in [0.717, 1.165) is 6.04 Å². The summed E-state index contributed by atoms with van der Waals surface area (Å²) < 4.78 is 0. The van der Waals surface area contributed by atoms with Gasteiger partial charge in [-0.3, -0.25) is 4.90 Å². The molecule has 0 bridgehead atoms. The van der Waals surface area contributed by atoms with E-state index in [1.54, 1.807) is 0 Å². The van der Waals surface area contributed by atoms with Gasteiger partial charge in [-0.05, 0) is 6.42 Å². The Morgan fingerprint density at radius 1 is 1.19 bits per heavy atom. The van der Waals surface area contributed by atoms with Crippen LogP contribution in [-0.4, -0.2) is 73.2 Å². The van der Waals surface area contributed by atoms with Crippen molar-refractivity contribution in [2.75, 3.05) is 57.3 Å². The highest BCUT2D eigenvalue weighted by atomic mass is 32.2. The standard InChI is InChI=1S/C12H25N3S/c1-2-12-11-13-3-4-15(12)6-5-14-7-9-16-10-8-14/h12-13H,2-11H2,1H3. The van der Waals surface area contributed by atoms with Gasteiger partial charge in [0.1, 0.15) is 0 Å². The van der Waals surface area contributed by atoms with Gasteiger partial charge in [0.15, 0.2) is 0 Å². The van der Waals surface area contributed by atoms with E-state index in [-0.39, 0.29) is 0 Å². The van der Waals surface area contributed by atoms with Crippen LogP contribution >= 0.6 is 11.8 Å². The third kappa shape index (κ3) is 3.62. The Kier molecular flexibility index (Phi) is 5.42. The fourth-order valence-corrected chi connectivity index (χ4v) is 3.57. The lowest BCUT2D eigenvalue weighted by Gasteiger charge is -2.37. The second-order valence-corrected chi connectivity index (χ2v) is 5.98. The smallest absolute Gasteiger partial charge is 0.0219 e. The van der Waals surface area contributed by atoms with Gasteiger partial charge in [0.05, 0.1) is 0 Å². The summed E-state index contributed by atoms with van der Waals surface area (Å²) in [4.78, 5) is 5.31. The van der Waals surface area contributed by atoms with Crippen molar-refractivity contribution in [2.24, 2.45) is 0 Å². The van der Waals surface area contributed by atoms with Crippen molar-refractivity contribution >= 4 is 11.8 Å². The van der Waals surface area contributed by atoms with Gasteiger partial charge in [0, 0.05) is 63.4 Å². The van der Waals surface area contributed by atoms with Gasteiger partial charge in [-0.1, -0.05) is 6.92 Å². The van der Waals surface area contributed by atoms with Crippen LogP contribution in [0.4, 0.5) is 0 Å². The molecule has 0 aliphatic carbocycles. The molecule has 4 heteroatoms. The minimum atomic E-state index is 0.771. The van der Waals surface area contributed by atoms with Gasteiger partial charge in [0.25, 0.3) is 0 Å². The van der Waals surface area contributed by atoms with Crippen molar-refractivity contribution in [3.63, 3.8) is 0 Å². The number of nitrogens with one attached hydrogen (secondary N) is 1. The van der Waals surface area contributed by atoms with Gasteiger partial charge >= 0.3 is 0 Å². The Hall–Kier alpha value is 0.230. The molecule has 2 rings (SSSR count). The number of hydrogen-bond acceptors (Lipinski definition) is 4. The fourth-order valence-electron chi connectivity index (χ4n) is 2.59. The molecular formula is C12H25N3S. The van der Waals surface area contributed by atoms with Crippen LogP contribution in [0.3, 0.4) is 0 Å². The largest absolute Gasteiger partial charge is 0.314 e. The van der Waals surface area contributed by atoms with Gasteiger partial charge in [-0.2, -0.15) is 11.8 Å². The maximum absolute atomic E-state index is 3.50. The molecule has 0 amide bonds. The van der Waals surface area contributed by atoms with E-state index in [4.69, 9.17) is 0 Å². The van der Waals surface area contributed by atoms with Crippen LogP contribution in [0, 0.1) is 0 Å². The lowest BCUT2D eigenvalue weighted by atomic mass is 10.1. The van der Waals surface area contributed by atoms with Crippen molar-refractivity contribution in [1.82, 2.24) is 15.1 Å². The Bertz CT molecular complexity index is 195. The lowest BCUT2D eigenvalue weighted by Crippen LogP contribution is -2.53. The molecule has 94 valence electrons. The Morgan fingerprint density at radius 2 is 2.00 bits per heavy atom. The van der Waals surface area contributed by atoms with Crippen LogP contribution in [-0.2, 0) is 0 Å². The predicted molar refractivity (Wildman–Crippen MR) is 72.3 cm³/mol. The quantitative estimate of drug-likeness (QED) is 0.784. The molecule has 0 saturated carbocycles.